The van der Waals surface area contributed by atoms with Crippen molar-refractivity contribution in [2.24, 2.45) is 0 Å². The van der Waals surface area contributed by atoms with Crippen LogP contribution in [0.4, 0.5) is 5.69 Å². The van der Waals surface area contributed by atoms with E-state index in [1.165, 1.54) is 34.7 Å². The number of nitrogens with one attached hydrogen (secondary N) is 3. The second-order valence-electron chi connectivity index (χ2n) is 11.9. The molecule has 8 heteroatoms. The summed E-state index contributed by atoms with van der Waals surface area (Å²) in [6.45, 7) is 7.32. The molecule has 3 amide bonds. The molecule has 0 aliphatic heterocycles. The number of fused-ring (bicyclic) bond motifs is 2. The summed E-state index contributed by atoms with van der Waals surface area (Å²) >= 11 is 0. The lowest BCUT2D eigenvalue weighted by atomic mass is 10.0. The van der Waals surface area contributed by atoms with E-state index < -0.39 is 0 Å². The second kappa shape index (κ2) is 13.3. The van der Waals surface area contributed by atoms with Crippen LogP contribution in [0.5, 0.6) is 11.5 Å². The van der Waals surface area contributed by atoms with E-state index in [9.17, 15) is 24.6 Å². The number of carbonyl (C=O) groups excluding carboxylic acids is 3. The summed E-state index contributed by atoms with van der Waals surface area (Å²) in [6.07, 6.45) is 3.68. The SMILES string of the molecule is CC(=O)Nc1cccc(C(=O)N[C@@H]2CCc3cc(C)ccc32)c1O.Cc1ccc2c(c1)CC[C@H]2NC(=O)c1c(C)cccc1O. The lowest BCUT2D eigenvalue weighted by molar-refractivity contribution is -0.114. The van der Waals surface area contributed by atoms with E-state index in [1.54, 1.807) is 30.3 Å². The Bertz CT molecular complexity index is 1760. The topological polar surface area (TPSA) is 128 Å². The number of amides is 3. The Hall–Kier alpha value is -5.11. The van der Waals surface area contributed by atoms with Crippen LogP contribution < -0.4 is 16.0 Å². The Morgan fingerprint density at radius 1 is 0.711 bits per heavy atom. The molecule has 4 aromatic carbocycles. The number of phenolic OH excluding ortho intramolecular Hbond substituents is 2. The van der Waals surface area contributed by atoms with Gasteiger partial charge in [-0.05, 0) is 92.5 Å². The van der Waals surface area contributed by atoms with Gasteiger partial charge in [-0.1, -0.05) is 65.7 Å². The minimum absolute atomic E-state index is 0.0344. The number of para-hydroxylation sites is 1. The van der Waals surface area contributed by atoms with E-state index in [2.05, 4.69) is 60.1 Å². The van der Waals surface area contributed by atoms with E-state index in [0.717, 1.165) is 36.8 Å². The minimum Gasteiger partial charge on any atom is -0.507 e. The molecule has 4 aromatic rings. The first-order valence-corrected chi connectivity index (χ1v) is 15.2. The van der Waals surface area contributed by atoms with Crippen molar-refractivity contribution in [1.82, 2.24) is 10.6 Å². The Labute approximate surface area is 263 Å². The lowest BCUT2D eigenvalue weighted by Gasteiger charge is -2.16. The van der Waals surface area contributed by atoms with Crippen molar-refractivity contribution in [2.45, 2.75) is 65.5 Å². The van der Waals surface area contributed by atoms with Gasteiger partial charge in [0, 0.05) is 6.92 Å². The summed E-state index contributed by atoms with van der Waals surface area (Å²) < 4.78 is 0. The van der Waals surface area contributed by atoms with E-state index in [4.69, 9.17) is 0 Å². The largest absolute Gasteiger partial charge is 0.507 e. The van der Waals surface area contributed by atoms with Crippen LogP contribution >= 0.6 is 0 Å². The lowest BCUT2D eigenvalue weighted by Crippen LogP contribution is -2.27. The van der Waals surface area contributed by atoms with Gasteiger partial charge in [0.1, 0.15) is 5.75 Å². The highest BCUT2D eigenvalue weighted by molar-refractivity contribution is 6.01. The summed E-state index contributed by atoms with van der Waals surface area (Å²) in [5.41, 5.74) is 8.91. The number of hydrogen-bond donors (Lipinski definition) is 5. The number of anilines is 1. The van der Waals surface area contributed by atoms with E-state index in [1.807, 2.05) is 19.1 Å². The molecule has 0 saturated heterocycles. The summed E-state index contributed by atoms with van der Waals surface area (Å²) in [5, 5.41) is 28.7. The van der Waals surface area contributed by atoms with Crippen molar-refractivity contribution in [3.8, 4) is 11.5 Å². The standard InChI is InChI=1S/C19H20N2O3.C18H19NO2/c1-11-6-8-14-13(10-11)7-9-16(14)21-19(24)15-4-3-5-17(18(15)23)20-12(2)22;1-11-6-8-14-13(10-11)7-9-15(14)19-18(21)17-12(2)4-3-5-16(17)20/h3-6,8,10,16,23H,7,9H2,1-2H3,(H,20,22)(H,21,24);3-6,8,10,15,20H,7,9H2,1-2H3,(H,19,21)/t16-;15-/m11/s1. The Morgan fingerprint density at radius 2 is 1.27 bits per heavy atom. The van der Waals surface area contributed by atoms with Gasteiger partial charge in [0.2, 0.25) is 5.91 Å². The predicted molar refractivity (Wildman–Crippen MR) is 175 cm³/mol. The monoisotopic (exact) mass is 605 g/mol. The first kappa shape index (κ1) is 31.3. The maximum absolute atomic E-state index is 12.6. The average molecular weight is 606 g/mol. The van der Waals surface area contributed by atoms with E-state index >= 15 is 0 Å². The zero-order chi connectivity index (χ0) is 32.2. The summed E-state index contributed by atoms with van der Waals surface area (Å²) in [4.78, 5) is 36.2. The molecule has 232 valence electrons. The van der Waals surface area contributed by atoms with Gasteiger partial charge in [-0.15, -0.1) is 0 Å². The molecule has 5 N–H and O–H groups in total. The van der Waals surface area contributed by atoms with Gasteiger partial charge in [-0.25, -0.2) is 0 Å². The fourth-order valence-electron chi connectivity index (χ4n) is 6.22. The number of phenols is 2. The van der Waals surface area contributed by atoms with Gasteiger partial charge in [-0.3, -0.25) is 14.4 Å². The number of aryl methyl sites for hydroxylation is 5. The minimum atomic E-state index is -0.349. The molecule has 0 saturated carbocycles. The van der Waals surface area contributed by atoms with Gasteiger partial charge >= 0.3 is 0 Å². The number of aromatic hydroxyl groups is 2. The normalized spacial score (nSPS) is 16.1. The van der Waals surface area contributed by atoms with Crippen LogP contribution in [0, 0.1) is 20.8 Å². The van der Waals surface area contributed by atoms with Gasteiger partial charge in [0.15, 0.2) is 5.75 Å². The van der Waals surface area contributed by atoms with Crippen molar-refractivity contribution < 1.29 is 24.6 Å². The van der Waals surface area contributed by atoms with Crippen LogP contribution in [0.2, 0.25) is 0 Å². The third-order valence-electron chi connectivity index (χ3n) is 8.43. The molecule has 2 atom stereocenters. The highest BCUT2D eigenvalue weighted by Gasteiger charge is 2.27. The number of carbonyl (C=O) groups is 3. The fraction of sp³-hybridized carbons (Fsp3) is 0.270. The molecule has 0 unspecified atom stereocenters. The molecule has 2 aliphatic rings. The van der Waals surface area contributed by atoms with Crippen molar-refractivity contribution in [3.63, 3.8) is 0 Å². The molecule has 0 heterocycles. The molecule has 0 radical (unpaired) electrons. The van der Waals surface area contributed by atoms with Crippen LogP contribution in [0.25, 0.3) is 0 Å². The molecule has 45 heavy (non-hydrogen) atoms. The molecule has 0 fully saturated rings. The first-order valence-electron chi connectivity index (χ1n) is 15.2. The predicted octanol–water partition coefficient (Wildman–Crippen LogP) is 6.50. The zero-order valence-electron chi connectivity index (χ0n) is 26.0. The molecule has 8 nitrogen and oxygen atoms in total. The zero-order valence-corrected chi connectivity index (χ0v) is 26.0. The summed E-state index contributed by atoms with van der Waals surface area (Å²) in [5.74, 6) is -1.04. The molecular weight excluding hydrogens is 566 g/mol. The van der Waals surface area contributed by atoms with Crippen molar-refractivity contribution in [1.29, 1.82) is 0 Å². The first-order chi connectivity index (χ1) is 21.5. The van der Waals surface area contributed by atoms with Gasteiger partial charge in [0.05, 0.1) is 28.9 Å². The van der Waals surface area contributed by atoms with Crippen LogP contribution in [0.3, 0.4) is 0 Å². The van der Waals surface area contributed by atoms with Gasteiger partial charge in [0.25, 0.3) is 11.8 Å². The fourth-order valence-corrected chi connectivity index (χ4v) is 6.22. The van der Waals surface area contributed by atoms with Gasteiger partial charge in [-0.2, -0.15) is 0 Å². The molecule has 0 spiro atoms. The third kappa shape index (κ3) is 7.01. The Balaban J connectivity index is 0.000000179. The summed E-state index contributed by atoms with van der Waals surface area (Å²) in [6, 6.07) is 22.4. The molecule has 0 bridgehead atoms. The quantitative estimate of drug-likeness (QED) is 0.166. The van der Waals surface area contributed by atoms with E-state index in [-0.39, 0.29) is 52.6 Å². The Morgan fingerprint density at radius 3 is 1.82 bits per heavy atom. The van der Waals surface area contributed by atoms with Crippen LogP contribution in [0.1, 0.15) is 91.5 Å². The van der Waals surface area contributed by atoms with Crippen LogP contribution in [-0.4, -0.2) is 27.9 Å². The molecule has 2 aliphatic carbocycles. The van der Waals surface area contributed by atoms with Crippen LogP contribution in [-0.2, 0) is 17.6 Å². The molecule has 6 rings (SSSR count). The van der Waals surface area contributed by atoms with E-state index in [0.29, 0.717) is 5.56 Å². The maximum atomic E-state index is 12.6. The smallest absolute Gasteiger partial charge is 0.255 e. The number of benzene rings is 4. The highest BCUT2D eigenvalue weighted by Crippen LogP contribution is 2.34. The molecular formula is C37H39N3O5. The second-order valence-corrected chi connectivity index (χ2v) is 11.9. The molecule has 0 aromatic heterocycles. The van der Waals surface area contributed by atoms with Crippen molar-refractivity contribution in [2.75, 3.05) is 5.32 Å². The maximum Gasteiger partial charge on any atom is 0.255 e. The van der Waals surface area contributed by atoms with Crippen molar-refractivity contribution in [3.05, 3.63) is 123 Å². The Kier molecular flexibility index (Phi) is 9.23. The van der Waals surface area contributed by atoms with Gasteiger partial charge < -0.3 is 26.2 Å². The third-order valence-corrected chi connectivity index (χ3v) is 8.43. The average Bonchev–Trinajstić information content (AvgIpc) is 3.56. The number of rotatable bonds is 5. The van der Waals surface area contributed by atoms with Crippen molar-refractivity contribution >= 4 is 23.4 Å². The summed E-state index contributed by atoms with van der Waals surface area (Å²) in [7, 11) is 0. The highest BCUT2D eigenvalue weighted by atomic mass is 16.3. The van der Waals surface area contributed by atoms with Crippen LogP contribution in [0.15, 0.2) is 72.8 Å². The number of hydrogen-bond acceptors (Lipinski definition) is 5.